The van der Waals surface area contributed by atoms with E-state index in [1.807, 2.05) is 10.7 Å². The number of ether oxygens (including phenoxy) is 1. The quantitative estimate of drug-likeness (QED) is 0.815. The predicted octanol–water partition coefficient (Wildman–Crippen LogP) is 3.41. The van der Waals surface area contributed by atoms with Crippen molar-refractivity contribution in [2.75, 3.05) is 19.1 Å². The average Bonchev–Trinajstić information content (AvgIpc) is 3.37. The van der Waals surface area contributed by atoms with Crippen molar-refractivity contribution in [2.24, 2.45) is 0 Å². The van der Waals surface area contributed by atoms with Crippen molar-refractivity contribution in [1.82, 2.24) is 14.8 Å². The van der Waals surface area contributed by atoms with Crippen LogP contribution in [0.4, 0.5) is 5.69 Å². The average molecular weight is 328 g/mol. The summed E-state index contributed by atoms with van der Waals surface area (Å²) < 4.78 is 7.10. The van der Waals surface area contributed by atoms with E-state index in [0.29, 0.717) is 23.4 Å². The molecular formula is C18H24N4O2. The molecule has 24 heavy (non-hydrogen) atoms. The van der Waals surface area contributed by atoms with Crippen molar-refractivity contribution in [1.29, 1.82) is 0 Å². The lowest BCUT2D eigenvalue weighted by Gasteiger charge is -2.19. The molecule has 6 heteroatoms. The third-order valence-electron chi connectivity index (χ3n) is 4.66. The maximum absolute atomic E-state index is 13.0. The van der Waals surface area contributed by atoms with E-state index in [9.17, 15) is 4.79 Å². The van der Waals surface area contributed by atoms with Crippen LogP contribution in [0.25, 0.3) is 0 Å². The second-order valence-electron chi connectivity index (χ2n) is 6.34. The van der Waals surface area contributed by atoms with Gasteiger partial charge in [0.05, 0.1) is 36.4 Å². The van der Waals surface area contributed by atoms with E-state index in [4.69, 9.17) is 4.74 Å². The number of carbonyl (C=O) groups excluding carboxylic acids is 1. The molecule has 1 aliphatic carbocycles. The van der Waals surface area contributed by atoms with Gasteiger partial charge in [-0.1, -0.05) is 6.92 Å². The zero-order valence-corrected chi connectivity index (χ0v) is 14.7. The van der Waals surface area contributed by atoms with Crippen LogP contribution >= 0.6 is 0 Å². The number of anilines is 1. The van der Waals surface area contributed by atoms with E-state index in [-0.39, 0.29) is 5.91 Å². The van der Waals surface area contributed by atoms with Crippen LogP contribution in [0.5, 0.6) is 5.88 Å². The lowest BCUT2D eigenvalue weighted by atomic mass is 10.1. The summed E-state index contributed by atoms with van der Waals surface area (Å²) in [6.07, 6.45) is 6.63. The lowest BCUT2D eigenvalue weighted by molar-refractivity contribution is 0.0991. The summed E-state index contributed by atoms with van der Waals surface area (Å²) >= 11 is 0. The predicted molar refractivity (Wildman–Crippen MR) is 92.7 cm³/mol. The third-order valence-corrected chi connectivity index (χ3v) is 4.66. The molecule has 0 saturated heterocycles. The van der Waals surface area contributed by atoms with Gasteiger partial charge >= 0.3 is 0 Å². The van der Waals surface area contributed by atoms with Crippen molar-refractivity contribution in [3.05, 3.63) is 35.8 Å². The zero-order chi connectivity index (χ0) is 17.3. The number of hydrogen-bond donors (Lipinski definition) is 0. The van der Waals surface area contributed by atoms with Gasteiger partial charge in [0.1, 0.15) is 0 Å². The molecule has 2 aromatic heterocycles. The van der Waals surface area contributed by atoms with Crippen molar-refractivity contribution < 1.29 is 9.53 Å². The van der Waals surface area contributed by atoms with Gasteiger partial charge in [-0.05, 0) is 32.3 Å². The van der Waals surface area contributed by atoms with Crippen LogP contribution in [-0.2, 0) is 0 Å². The van der Waals surface area contributed by atoms with Crippen molar-refractivity contribution in [3.8, 4) is 5.88 Å². The zero-order valence-electron chi connectivity index (χ0n) is 14.7. The fourth-order valence-electron chi connectivity index (χ4n) is 2.81. The van der Waals surface area contributed by atoms with Crippen LogP contribution in [0.2, 0.25) is 0 Å². The summed E-state index contributed by atoms with van der Waals surface area (Å²) in [6, 6.07) is 3.89. The highest BCUT2D eigenvalue weighted by molar-refractivity contribution is 6.06. The minimum Gasteiger partial charge on any atom is -0.481 e. The molecule has 2 heterocycles. The molecule has 0 aliphatic heterocycles. The fraction of sp³-hybridized carbons (Fsp3) is 0.500. The third kappa shape index (κ3) is 3.00. The molecular weight excluding hydrogens is 304 g/mol. The van der Waals surface area contributed by atoms with E-state index in [2.05, 4.69) is 23.9 Å². The Labute approximate surface area is 142 Å². The molecule has 2 aromatic rings. The van der Waals surface area contributed by atoms with Gasteiger partial charge in [-0.15, -0.1) is 0 Å². The Hall–Kier alpha value is -2.37. The number of amides is 1. The summed E-state index contributed by atoms with van der Waals surface area (Å²) in [4.78, 5) is 18.8. The molecule has 6 nitrogen and oxygen atoms in total. The van der Waals surface area contributed by atoms with Crippen LogP contribution in [0.1, 0.15) is 61.1 Å². The van der Waals surface area contributed by atoms with E-state index < -0.39 is 0 Å². The maximum Gasteiger partial charge on any atom is 0.261 e. The van der Waals surface area contributed by atoms with Gasteiger partial charge in [-0.2, -0.15) is 5.10 Å². The molecule has 0 bridgehead atoms. The Bertz CT molecular complexity index is 719. The first-order chi connectivity index (χ1) is 11.6. The van der Waals surface area contributed by atoms with Gasteiger partial charge in [-0.25, -0.2) is 4.98 Å². The van der Waals surface area contributed by atoms with E-state index in [0.717, 1.165) is 30.6 Å². The van der Waals surface area contributed by atoms with Gasteiger partial charge in [0.25, 0.3) is 5.91 Å². The number of rotatable bonds is 6. The highest BCUT2D eigenvalue weighted by atomic mass is 16.5. The number of carbonyl (C=O) groups is 1. The first-order valence-electron chi connectivity index (χ1n) is 8.42. The molecule has 1 atom stereocenters. The Morgan fingerprint density at radius 3 is 2.71 bits per heavy atom. The standard InChI is InChI=1S/C18H24N4O2/c1-5-12(2)22-17(13-6-7-13)15(11-20-22)18(23)21(3)14-8-9-16(24-4)19-10-14/h8-13H,5-7H2,1-4H3/t12-/m1/s1. The molecule has 128 valence electrons. The second-order valence-corrected chi connectivity index (χ2v) is 6.34. The second kappa shape index (κ2) is 6.63. The highest BCUT2D eigenvalue weighted by Gasteiger charge is 2.34. The molecule has 1 aliphatic rings. The molecule has 0 N–H and O–H groups in total. The molecule has 0 unspecified atom stereocenters. The van der Waals surface area contributed by atoms with Gasteiger partial charge in [0.15, 0.2) is 0 Å². The van der Waals surface area contributed by atoms with Crippen LogP contribution < -0.4 is 9.64 Å². The molecule has 0 aromatic carbocycles. The molecule has 1 amide bonds. The molecule has 0 radical (unpaired) electrons. The smallest absolute Gasteiger partial charge is 0.261 e. The van der Waals surface area contributed by atoms with Crippen molar-refractivity contribution >= 4 is 11.6 Å². The number of methoxy groups -OCH3 is 1. The number of nitrogens with zero attached hydrogens (tertiary/aromatic N) is 4. The summed E-state index contributed by atoms with van der Waals surface area (Å²) in [5.41, 5.74) is 2.53. The van der Waals surface area contributed by atoms with E-state index in [1.165, 1.54) is 0 Å². The molecule has 1 fully saturated rings. The molecule has 3 rings (SSSR count). The minimum absolute atomic E-state index is 0.0431. The normalized spacial score (nSPS) is 15.2. The Balaban J connectivity index is 1.90. The Morgan fingerprint density at radius 2 is 2.17 bits per heavy atom. The summed E-state index contributed by atoms with van der Waals surface area (Å²) in [5.74, 6) is 0.948. The number of hydrogen-bond acceptors (Lipinski definition) is 4. The SMILES string of the molecule is CC[C@@H](C)n1ncc(C(=O)N(C)c2ccc(OC)nc2)c1C1CC1. The van der Waals surface area contributed by atoms with Crippen LogP contribution in [0.3, 0.4) is 0 Å². The number of aromatic nitrogens is 3. The van der Waals surface area contributed by atoms with Gasteiger partial charge in [-0.3, -0.25) is 9.48 Å². The topological polar surface area (TPSA) is 60.2 Å². The van der Waals surface area contributed by atoms with Crippen LogP contribution in [-0.4, -0.2) is 34.8 Å². The van der Waals surface area contributed by atoms with Crippen LogP contribution in [0, 0.1) is 0 Å². The molecule has 1 saturated carbocycles. The Morgan fingerprint density at radius 1 is 1.42 bits per heavy atom. The fourth-order valence-corrected chi connectivity index (χ4v) is 2.81. The largest absolute Gasteiger partial charge is 0.481 e. The van der Waals surface area contributed by atoms with Crippen LogP contribution in [0.15, 0.2) is 24.5 Å². The monoisotopic (exact) mass is 328 g/mol. The highest BCUT2D eigenvalue weighted by Crippen LogP contribution is 2.43. The summed E-state index contributed by atoms with van der Waals surface area (Å²) in [5, 5.41) is 4.51. The minimum atomic E-state index is -0.0431. The van der Waals surface area contributed by atoms with E-state index >= 15 is 0 Å². The van der Waals surface area contributed by atoms with Gasteiger partial charge < -0.3 is 9.64 Å². The van der Waals surface area contributed by atoms with Crippen molar-refractivity contribution in [2.45, 2.75) is 45.1 Å². The lowest BCUT2D eigenvalue weighted by Crippen LogP contribution is -2.27. The van der Waals surface area contributed by atoms with Gasteiger partial charge in [0.2, 0.25) is 5.88 Å². The summed E-state index contributed by atoms with van der Waals surface area (Å²) in [6.45, 7) is 4.28. The summed E-state index contributed by atoms with van der Waals surface area (Å²) in [7, 11) is 3.34. The molecule has 0 spiro atoms. The van der Waals surface area contributed by atoms with Crippen molar-refractivity contribution in [3.63, 3.8) is 0 Å². The number of pyridine rings is 1. The Kier molecular flexibility index (Phi) is 4.55. The first-order valence-corrected chi connectivity index (χ1v) is 8.42. The first kappa shape index (κ1) is 16.5. The van der Waals surface area contributed by atoms with E-state index in [1.54, 1.807) is 37.5 Å². The maximum atomic E-state index is 13.0. The van der Waals surface area contributed by atoms with Gasteiger partial charge in [0, 0.05) is 25.1 Å².